The van der Waals surface area contributed by atoms with E-state index in [0.29, 0.717) is 0 Å². The van der Waals surface area contributed by atoms with E-state index in [4.69, 9.17) is 34.8 Å². The van der Waals surface area contributed by atoms with Gasteiger partial charge in [-0.3, -0.25) is 13.9 Å². The third-order valence-electron chi connectivity index (χ3n) is 5.70. The minimum absolute atomic E-state index is 0.00104. The zero-order chi connectivity index (χ0) is 28.0. The highest BCUT2D eigenvalue weighted by Gasteiger charge is 2.33. The maximum atomic E-state index is 13.9. The fourth-order valence-electron chi connectivity index (χ4n) is 3.85. The van der Waals surface area contributed by atoms with Crippen LogP contribution >= 0.6 is 50.7 Å². The SMILES string of the molecule is CNC(=O)C(Cc1ccccc1)N(Cc1cccc(Br)c1)C(=O)CN(c1cc(Cl)c(Cl)cc1Cl)S(C)(=O)=O. The lowest BCUT2D eigenvalue weighted by atomic mass is 10.0. The Morgan fingerprint density at radius 3 is 2.16 bits per heavy atom. The quantitative estimate of drug-likeness (QED) is 0.289. The first-order valence-electron chi connectivity index (χ1n) is 11.3. The van der Waals surface area contributed by atoms with Crippen LogP contribution in [0, 0.1) is 0 Å². The molecule has 0 aliphatic heterocycles. The van der Waals surface area contributed by atoms with Gasteiger partial charge in [0.2, 0.25) is 21.8 Å². The minimum Gasteiger partial charge on any atom is -0.357 e. The number of hydrogen-bond donors (Lipinski definition) is 1. The van der Waals surface area contributed by atoms with Gasteiger partial charge in [0.05, 0.1) is 27.0 Å². The van der Waals surface area contributed by atoms with Crippen LogP contribution in [0.5, 0.6) is 0 Å². The summed E-state index contributed by atoms with van der Waals surface area (Å²) < 4.78 is 27.3. The molecule has 2 amide bonds. The average Bonchev–Trinajstić information content (AvgIpc) is 2.86. The van der Waals surface area contributed by atoms with Gasteiger partial charge >= 0.3 is 0 Å². The number of carbonyl (C=O) groups excluding carboxylic acids is 2. The molecule has 0 heterocycles. The van der Waals surface area contributed by atoms with Crippen molar-refractivity contribution in [3.05, 3.63) is 97.4 Å². The monoisotopic (exact) mass is 659 g/mol. The van der Waals surface area contributed by atoms with Gasteiger partial charge in [-0.05, 0) is 35.4 Å². The van der Waals surface area contributed by atoms with Gasteiger partial charge in [-0.2, -0.15) is 0 Å². The number of carbonyl (C=O) groups is 2. The van der Waals surface area contributed by atoms with E-state index < -0.39 is 34.4 Å². The summed E-state index contributed by atoms with van der Waals surface area (Å²) in [5.74, 6) is -1.00. The smallest absolute Gasteiger partial charge is 0.244 e. The molecule has 0 aliphatic carbocycles. The number of benzene rings is 3. The molecule has 3 rings (SSSR count). The van der Waals surface area contributed by atoms with Crippen molar-refractivity contribution in [3.8, 4) is 0 Å². The molecule has 7 nitrogen and oxygen atoms in total. The zero-order valence-corrected chi connectivity index (χ0v) is 25.2. The summed E-state index contributed by atoms with van der Waals surface area (Å²) in [6.07, 6.45) is 1.17. The number of nitrogens with one attached hydrogen (secondary N) is 1. The molecule has 0 saturated heterocycles. The van der Waals surface area contributed by atoms with Gasteiger partial charge < -0.3 is 10.2 Å². The van der Waals surface area contributed by atoms with Crippen molar-refractivity contribution in [1.29, 1.82) is 0 Å². The number of anilines is 1. The molecule has 0 aliphatic rings. The van der Waals surface area contributed by atoms with E-state index in [1.54, 1.807) is 0 Å². The molecule has 0 saturated carbocycles. The van der Waals surface area contributed by atoms with Crippen molar-refractivity contribution in [2.75, 3.05) is 24.2 Å². The molecule has 12 heteroatoms. The standard InChI is InChI=1S/C26H25BrCl3N3O4S/c1-31-26(35)24(12-17-7-4-3-5-8-17)32(15-18-9-6-10-19(27)11-18)25(34)16-33(38(2,36)37)23-14-21(29)20(28)13-22(23)30/h3-11,13-14,24H,12,15-16H2,1-2H3,(H,31,35). The third-order valence-corrected chi connectivity index (χ3v) is 8.34. The second kappa shape index (κ2) is 13.2. The van der Waals surface area contributed by atoms with Gasteiger partial charge in [-0.1, -0.05) is 93.2 Å². The van der Waals surface area contributed by atoms with Crippen LogP contribution in [-0.4, -0.2) is 51.0 Å². The highest BCUT2D eigenvalue weighted by molar-refractivity contribution is 9.10. The van der Waals surface area contributed by atoms with Crippen molar-refractivity contribution >= 4 is 78.3 Å². The molecular weight excluding hydrogens is 637 g/mol. The maximum absolute atomic E-state index is 13.9. The predicted molar refractivity (Wildman–Crippen MR) is 156 cm³/mol. The van der Waals surface area contributed by atoms with E-state index in [-0.39, 0.29) is 33.7 Å². The number of halogens is 4. The van der Waals surface area contributed by atoms with Crippen LogP contribution in [0.3, 0.4) is 0 Å². The fourth-order valence-corrected chi connectivity index (χ4v) is 5.84. The topological polar surface area (TPSA) is 86.8 Å². The number of hydrogen-bond acceptors (Lipinski definition) is 4. The van der Waals surface area contributed by atoms with Crippen molar-refractivity contribution in [3.63, 3.8) is 0 Å². The molecule has 1 N–H and O–H groups in total. The van der Waals surface area contributed by atoms with E-state index in [0.717, 1.165) is 26.2 Å². The Kier molecular flexibility index (Phi) is 10.5. The minimum atomic E-state index is -4.00. The first kappa shape index (κ1) is 30.2. The average molecular weight is 662 g/mol. The summed E-state index contributed by atoms with van der Waals surface area (Å²) in [5, 5.41) is 2.84. The Hall–Kier alpha value is -2.30. The number of sulfonamides is 1. The molecular formula is C26H25BrCl3N3O4S. The summed E-state index contributed by atoms with van der Waals surface area (Å²) in [4.78, 5) is 28.4. The van der Waals surface area contributed by atoms with Crippen LogP contribution in [0.4, 0.5) is 5.69 Å². The third kappa shape index (κ3) is 7.86. The second-order valence-electron chi connectivity index (χ2n) is 8.46. The first-order chi connectivity index (χ1) is 17.9. The lowest BCUT2D eigenvalue weighted by molar-refractivity contribution is -0.139. The van der Waals surface area contributed by atoms with Crippen LogP contribution < -0.4 is 9.62 Å². The van der Waals surface area contributed by atoms with Gasteiger partial charge in [-0.25, -0.2) is 8.42 Å². The molecule has 3 aromatic rings. The summed E-state index contributed by atoms with van der Waals surface area (Å²) in [6.45, 7) is -0.567. The molecule has 0 aromatic heterocycles. The molecule has 3 aromatic carbocycles. The van der Waals surface area contributed by atoms with Crippen LogP contribution in [0.1, 0.15) is 11.1 Å². The number of likely N-dealkylation sites (N-methyl/N-ethyl adjacent to an activating group) is 1. The molecule has 1 atom stereocenters. The summed E-state index contributed by atoms with van der Waals surface area (Å²) >= 11 is 21.9. The fraction of sp³-hybridized carbons (Fsp3) is 0.231. The normalized spacial score (nSPS) is 12.1. The largest absolute Gasteiger partial charge is 0.357 e. The Bertz CT molecular complexity index is 1420. The summed E-state index contributed by atoms with van der Waals surface area (Å²) in [5.41, 5.74) is 1.58. The Morgan fingerprint density at radius 2 is 1.55 bits per heavy atom. The van der Waals surface area contributed by atoms with Crippen molar-refractivity contribution in [2.24, 2.45) is 0 Å². The van der Waals surface area contributed by atoms with E-state index in [2.05, 4.69) is 21.2 Å². The van der Waals surface area contributed by atoms with Gasteiger partial charge in [0, 0.05) is 24.5 Å². The number of nitrogens with zero attached hydrogens (tertiary/aromatic N) is 2. The second-order valence-corrected chi connectivity index (χ2v) is 12.5. The molecule has 1 unspecified atom stereocenters. The number of rotatable bonds is 10. The molecule has 38 heavy (non-hydrogen) atoms. The van der Waals surface area contributed by atoms with Gasteiger partial charge in [0.1, 0.15) is 12.6 Å². The highest BCUT2D eigenvalue weighted by Crippen LogP contribution is 2.35. The van der Waals surface area contributed by atoms with E-state index in [1.807, 2.05) is 54.6 Å². The van der Waals surface area contributed by atoms with Crippen molar-refractivity contribution in [2.45, 2.75) is 19.0 Å². The van der Waals surface area contributed by atoms with E-state index in [9.17, 15) is 18.0 Å². The Morgan fingerprint density at radius 1 is 0.921 bits per heavy atom. The molecule has 0 spiro atoms. The van der Waals surface area contributed by atoms with Crippen LogP contribution in [0.2, 0.25) is 15.1 Å². The Balaban J connectivity index is 2.07. The van der Waals surface area contributed by atoms with Gasteiger partial charge in [0.25, 0.3) is 0 Å². The molecule has 0 radical (unpaired) electrons. The molecule has 0 fully saturated rings. The van der Waals surface area contributed by atoms with E-state index in [1.165, 1.54) is 24.1 Å². The zero-order valence-electron chi connectivity index (χ0n) is 20.5. The maximum Gasteiger partial charge on any atom is 0.244 e. The van der Waals surface area contributed by atoms with Crippen LogP contribution in [-0.2, 0) is 32.6 Å². The van der Waals surface area contributed by atoms with E-state index >= 15 is 0 Å². The van der Waals surface area contributed by atoms with Crippen molar-refractivity contribution in [1.82, 2.24) is 10.2 Å². The van der Waals surface area contributed by atoms with Gasteiger partial charge in [-0.15, -0.1) is 0 Å². The molecule has 202 valence electrons. The lowest BCUT2D eigenvalue weighted by Gasteiger charge is -2.33. The first-order valence-corrected chi connectivity index (χ1v) is 15.1. The highest BCUT2D eigenvalue weighted by atomic mass is 79.9. The van der Waals surface area contributed by atoms with Gasteiger partial charge in [0.15, 0.2) is 0 Å². The lowest BCUT2D eigenvalue weighted by Crippen LogP contribution is -2.52. The van der Waals surface area contributed by atoms with Crippen molar-refractivity contribution < 1.29 is 18.0 Å². The Labute approximate surface area is 245 Å². The van der Waals surface area contributed by atoms with Crippen LogP contribution in [0.25, 0.3) is 0 Å². The number of amides is 2. The van der Waals surface area contributed by atoms with Crippen LogP contribution in [0.15, 0.2) is 71.2 Å². The summed E-state index contributed by atoms with van der Waals surface area (Å²) in [7, 11) is -2.51. The molecule has 0 bridgehead atoms. The summed E-state index contributed by atoms with van der Waals surface area (Å²) in [6, 6.07) is 18.2. The predicted octanol–water partition coefficient (Wildman–Crippen LogP) is 5.56.